The van der Waals surface area contributed by atoms with E-state index in [9.17, 15) is 10.1 Å². The van der Waals surface area contributed by atoms with Gasteiger partial charge in [-0.15, -0.1) is 0 Å². The van der Waals surface area contributed by atoms with E-state index in [0.717, 1.165) is 11.1 Å². The molecule has 0 saturated carbocycles. The normalized spacial score (nSPS) is 12.5. The third-order valence-electron chi connectivity index (χ3n) is 2.81. The van der Waals surface area contributed by atoms with Gasteiger partial charge in [-0.25, -0.2) is 0 Å². The van der Waals surface area contributed by atoms with Gasteiger partial charge in [-0.1, -0.05) is 6.07 Å². The van der Waals surface area contributed by atoms with Crippen LogP contribution in [0.5, 0.6) is 0 Å². The minimum absolute atomic E-state index is 0.0871. The molecule has 0 aliphatic rings. The first-order chi connectivity index (χ1) is 7.49. The van der Waals surface area contributed by atoms with Crippen molar-refractivity contribution in [2.75, 3.05) is 6.54 Å². The molecule has 1 atom stereocenters. The number of nitrogens with zero attached hydrogens (tertiary/aromatic N) is 1. The molecule has 1 aromatic rings. The van der Waals surface area contributed by atoms with E-state index in [1.165, 1.54) is 6.07 Å². The molecule has 1 unspecified atom stereocenters. The maximum atomic E-state index is 10.9. The summed E-state index contributed by atoms with van der Waals surface area (Å²) in [6.07, 6.45) is 0.547. The van der Waals surface area contributed by atoms with Crippen LogP contribution in [0.2, 0.25) is 0 Å². The molecule has 0 radical (unpaired) electrons. The summed E-state index contributed by atoms with van der Waals surface area (Å²) >= 11 is 0. The second-order valence-corrected chi connectivity index (χ2v) is 3.88. The smallest absolute Gasteiger partial charge is 0.274 e. The molecule has 1 aromatic carbocycles. The Hall–Kier alpha value is -1.46. The van der Waals surface area contributed by atoms with Crippen LogP contribution in [0.25, 0.3) is 0 Å². The van der Waals surface area contributed by atoms with E-state index in [-0.39, 0.29) is 11.7 Å². The largest absolute Gasteiger partial charge is 0.330 e. The number of hydrogen-bond acceptors (Lipinski definition) is 4. The summed E-state index contributed by atoms with van der Waals surface area (Å²) in [6.45, 7) is 4.19. The number of hydrogen-bond donors (Lipinski definition) is 2. The van der Waals surface area contributed by atoms with Gasteiger partial charge < -0.3 is 11.5 Å². The van der Waals surface area contributed by atoms with Crippen LogP contribution in [0.4, 0.5) is 5.69 Å². The first kappa shape index (κ1) is 12.6. The minimum atomic E-state index is -0.391. The molecule has 0 heterocycles. The van der Waals surface area contributed by atoms with Gasteiger partial charge >= 0.3 is 0 Å². The molecule has 0 aliphatic heterocycles. The Morgan fingerprint density at radius 2 is 2.06 bits per heavy atom. The number of benzene rings is 1. The summed E-state index contributed by atoms with van der Waals surface area (Å²) in [4.78, 5) is 10.5. The van der Waals surface area contributed by atoms with Gasteiger partial charge in [0.25, 0.3) is 5.69 Å². The highest BCUT2D eigenvalue weighted by molar-refractivity contribution is 5.50. The van der Waals surface area contributed by atoms with Crippen molar-refractivity contribution in [2.45, 2.75) is 26.3 Å². The third-order valence-corrected chi connectivity index (χ3v) is 2.81. The molecule has 0 fully saturated rings. The van der Waals surface area contributed by atoms with Gasteiger partial charge in [-0.3, -0.25) is 10.1 Å². The highest BCUT2D eigenvalue weighted by atomic mass is 16.6. The summed E-state index contributed by atoms with van der Waals surface area (Å²) in [5.74, 6) is 0. The van der Waals surface area contributed by atoms with Crippen LogP contribution < -0.4 is 11.5 Å². The SMILES string of the molecule is Cc1ccc([N+](=O)[O-])c(C(N)CCN)c1C. The van der Waals surface area contributed by atoms with Gasteiger partial charge in [0.05, 0.1) is 4.92 Å². The van der Waals surface area contributed by atoms with Gasteiger partial charge in [0, 0.05) is 17.7 Å². The lowest BCUT2D eigenvalue weighted by Gasteiger charge is -2.15. The predicted molar refractivity (Wildman–Crippen MR) is 63.2 cm³/mol. The average Bonchev–Trinajstić information content (AvgIpc) is 2.21. The average molecular weight is 223 g/mol. The monoisotopic (exact) mass is 223 g/mol. The standard InChI is InChI=1S/C11H17N3O2/c1-7-3-4-10(14(15)16)11(8(7)2)9(13)5-6-12/h3-4,9H,5-6,12-13H2,1-2H3. The molecule has 0 spiro atoms. The zero-order valence-electron chi connectivity index (χ0n) is 9.56. The zero-order chi connectivity index (χ0) is 12.3. The lowest BCUT2D eigenvalue weighted by Crippen LogP contribution is -2.18. The first-order valence-corrected chi connectivity index (χ1v) is 5.19. The number of nitro groups is 1. The van der Waals surface area contributed by atoms with E-state index >= 15 is 0 Å². The fourth-order valence-electron chi connectivity index (χ4n) is 1.77. The number of nitro benzene ring substituents is 1. The van der Waals surface area contributed by atoms with Crippen molar-refractivity contribution >= 4 is 5.69 Å². The van der Waals surface area contributed by atoms with Crippen LogP contribution in [0.1, 0.15) is 29.2 Å². The van der Waals surface area contributed by atoms with Crippen LogP contribution in [0.3, 0.4) is 0 Å². The summed E-state index contributed by atoms with van der Waals surface area (Å²) in [7, 11) is 0. The Balaban J connectivity index is 3.31. The fraction of sp³-hybridized carbons (Fsp3) is 0.455. The molecule has 0 amide bonds. The molecule has 5 nitrogen and oxygen atoms in total. The van der Waals surface area contributed by atoms with E-state index in [4.69, 9.17) is 11.5 Å². The molecule has 0 bridgehead atoms. The molecule has 16 heavy (non-hydrogen) atoms. The van der Waals surface area contributed by atoms with Gasteiger partial charge in [0.2, 0.25) is 0 Å². The summed E-state index contributed by atoms with van der Waals surface area (Å²) in [5.41, 5.74) is 13.9. The van der Waals surface area contributed by atoms with Gasteiger partial charge in [-0.05, 0) is 37.9 Å². The molecular formula is C11H17N3O2. The molecule has 5 heteroatoms. The van der Waals surface area contributed by atoms with E-state index in [2.05, 4.69) is 0 Å². The van der Waals surface area contributed by atoms with Crippen LogP contribution in [0.15, 0.2) is 12.1 Å². The van der Waals surface area contributed by atoms with E-state index in [0.29, 0.717) is 18.5 Å². The van der Waals surface area contributed by atoms with Crippen molar-refractivity contribution in [2.24, 2.45) is 11.5 Å². The fourth-order valence-corrected chi connectivity index (χ4v) is 1.77. The third kappa shape index (κ3) is 2.37. The molecule has 4 N–H and O–H groups in total. The van der Waals surface area contributed by atoms with Gasteiger partial charge in [0.1, 0.15) is 0 Å². The maximum Gasteiger partial charge on any atom is 0.274 e. The van der Waals surface area contributed by atoms with Crippen molar-refractivity contribution in [3.05, 3.63) is 38.9 Å². The highest BCUT2D eigenvalue weighted by Gasteiger charge is 2.21. The predicted octanol–water partition coefficient (Wildman–Crippen LogP) is 1.56. The Labute approximate surface area is 94.6 Å². The van der Waals surface area contributed by atoms with Gasteiger partial charge in [0.15, 0.2) is 0 Å². The highest BCUT2D eigenvalue weighted by Crippen LogP contribution is 2.30. The Bertz CT molecular complexity index is 404. The quantitative estimate of drug-likeness (QED) is 0.598. The molecule has 88 valence electrons. The van der Waals surface area contributed by atoms with Crippen molar-refractivity contribution in [3.63, 3.8) is 0 Å². The molecular weight excluding hydrogens is 206 g/mol. The number of rotatable bonds is 4. The van der Waals surface area contributed by atoms with Crippen LogP contribution in [0, 0.1) is 24.0 Å². The maximum absolute atomic E-state index is 10.9. The van der Waals surface area contributed by atoms with E-state index in [1.54, 1.807) is 6.07 Å². The Kier molecular flexibility index (Phi) is 3.98. The second kappa shape index (κ2) is 5.05. The summed E-state index contributed by atoms with van der Waals surface area (Å²) in [5, 5.41) is 10.9. The molecule has 0 aromatic heterocycles. The second-order valence-electron chi connectivity index (χ2n) is 3.88. The van der Waals surface area contributed by atoms with Crippen LogP contribution in [-0.4, -0.2) is 11.5 Å². The number of aryl methyl sites for hydroxylation is 1. The Morgan fingerprint density at radius 1 is 1.44 bits per heavy atom. The Morgan fingerprint density at radius 3 is 2.56 bits per heavy atom. The minimum Gasteiger partial charge on any atom is -0.330 e. The zero-order valence-corrected chi connectivity index (χ0v) is 9.56. The van der Waals surface area contributed by atoms with E-state index < -0.39 is 4.92 Å². The number of nitrogens with two attached hydrogens (primary N) is 2. The molecule has 0 saturated heterocycles. The van der Waals surface area contributed by atoms with Crippen molar-refractivity contribution < 1.29 is 4.92 Å². The molecule has 1 rings (SSSR count). The topological polar surface area (TPSA) is 95.2 Å². The molecule has 0 aliphatic carbocycles. The van der Waals surface area contributed by atoms with Gasteiger partial charge in [-0.2, -0.15) is 0 Å². The lowest BCUT2D eigenvalue weighted by atomic mass is 9.94. The first-order valence-electron chi connectivity index (χ1n) is 5.19. The van der Waals surface area contributed by atoms with Crippen molar-refractivity contribution in [1.82, 2.24) is 0 Å². The van der Waals surface area contributed by atoms with Crippen LogP contribution in [-0.2, 0) is 0 Å². The lowest BCUT2D eigenvalue weighted by molar-refractivity contribution is -0.385. The van der Waals surface area contributed by atoms with Crippen molar-refractivity contribution in [1.29, 1.82) is 0 Å². The summed E-state index contributed by atoms with van der Waals surface area (Å²) in [6, 6.07) is 2.88. The summed E-state index contributed by atoms with van der Waals surface area (Å²) < 4.78 is 0. The van der Waals surface area contributed by atoms with E-state index in [1.807, 2.05) is 13.8 Å². The van der Waals surface area contributed by atoms with Crippen LogP contribution >= 0.6 is 0 Å². The van der Waals surface area contributed by atoms with Crippen molar-refractivity contribution in [3.8, 4) is 0 Å².